The molecule has 0 aromatic heterocycles. The van der Waals surface area contributed by atoms with Gasteiger partial charge in [-0.05, 0) is 50.2 Å². The number of hydrogen-bond donors (Lipinski definition) is 0. The number of aryl methyl sites for hydroxylation is 1. The zero-order chi connectivity index (χ0) is 16.6. The van der Waals surface area contributed by atoms with Gasteiger partial charge in [0.15, 0.2) is 0 Å². The Balaban J connectivity index is 2.06. The second kappa shape index (κ2) is 6.18. The average molecular weight is 315 g/mol. The van der Waals surface area contributed by atoms with E-state index in [2.05, 4.69) is 39.0 Å². The zero-order valence-electron chi connectivity index (χ0n) is 14.9. The van der Waals surface area contributed by atoms with Crippen LogP contribution in [0.1, 0.15) is 56.7 Å². The van der Waals surface area contributed by atoms with Gasteiger partial charge in [-0.2, -0.15) is 0 Å². The molecule has 2 aliphatic rings. The van der Waals surface area contributed by atoms with E-state index in [0.717, 1.165) is 32.2 Å². The van der Waals surface area contributed by atoms with Crippen molar-refractivity contribution in [2.75, 3.05) is 13.2 Å². The highest BCUT2D eigenvalue weighted by molar-refractivity contribution is 5.69. The van der Waals surface area contributed by atoms with Gasteiger partial charge in [0.25, 0.3) is 0 Å². The summed E-state index contributed by atoms with van der Waals surface area (Å²) in [7, 11) is 0. The van der Waals surface area contributed by atoms with Crippen LogP contribution in [0.2, 0.25) is 0 Å². The minimum absolute atomic E-state index is 0.129. The number of fused-ring (bicyclic) bond motifs is 4. The first-order valence-corrected chi connectivity index (χ1v) is 9.10. The van der Waals surface area contributed by atoms with Gasteiger partial charge in [-0.15, -0.1) is 0 Å². The highest BCUT2D eigenvalue weighted by Crippen LogP contribution is 2.52. The molecule has 1 fully saturated rings. The lowest BCUT2D eigenvalue weighted by molar-refractivity contribution is 0.00542. The standard InChI is InChI=1S/C20H29NO2/c1-5-16-18-13-15-9-8-14(4)12-17(15)20(16,6-2)10-11-21(18)19(22)23-7-3/h8-9,12,16,18H,5-7,10-11,13H2,1-4H3/t16?,18-,20-/m0/s1. The fourth-order valence-corrected chi connectivity index (χ4v) is 5.13. The summed E-state index contributed by atoms with van der Waals surface area (Å²) < 4.78 is 5.33. The zero-order valence-corrected chi connectivity index (χ0v) is 14.9. The van der Waals surface area contributed by atoms with E-state index in [0.29, 0.717) is 12.5 Å². The van der Waals surface area contributed by atoms with Crippen LogP contribution >= 0.6 is 0 Å². The molecule has 1 aromatic rings. The molecule has 3 rings (SSSR count). The van der Waals surface area contributed by atoms with Gasteiger partial charge < -0.3 is 9.64 Å². The van der Waals surface area contributed by atoms with Crippen LogP contribution in [0.5, 0.6) is 0 Å². The third-order valence-electron chi connectivity index (χ3n) is 6.18. The van der Waals surface area contributed by atoms with Crippen LogP contribution in [-0.2, 0) is 16.6 Å². The van der Waals surface area contributed by atoms with E-state index in [4.69, 9.17) is 4.74 Å². The molecule has 3 atom stereocenters. The molecule has 0 spiro atoms. The molecule has 0 saturated carbocycles. The van der Waals surface area contributed by atoms with Crippen molar-refractivity contribution < 1.29 is 9.53 Å². The molecule has 3 nitrogen and oxygen atoms in total. The number of benzene rings is 1. The van der Waals surface area contributed by atoms with Crippen LogP contribution in [0.25, 0.3) is 0 Å². The molecule has 1 heterocycles. The minimum atomic E-state index is -0.129. The number of likely N-dealkylation sites (tertiary alicyclic amines) is 1. The van der Waals surface area contributed by atoms with Gasteiger partial charge in [0.2, 0.25) is 0 Å². The minimum Gasteiger partial charge on any atom is -0.450 e. The van der Waals surface area contributed by atoms with Crippen LogP contribution in [0.3, 0.4) is 0 Å². The first-order chi connectivity index (χ1) is 11.1. The Bertz CT molecular complexity index is 597. The first kappa shape index (κ1) is 16.4. The van der Waals surface area contributed by atoms with Crippen molar-refractivity contribution in [2.45, 2.75) is 64.8 Å². The fraction of sp³-hybridized carbons (Fsp3) is 0.650. The van der Waals surface area contributed by atoms with Crippen molar-refractivity contribution in [2.24, 2.45) is 5.92 Å². The summed E-state index contributed by atoms with van der Waals surface area (Å²) in [5.41, 5.74) is 4.55. The van der Waals surface area contributed by atoms with Crippen molar-refractivity contribution in [3.8, 4) is 0 Å². The van der Waals surface area contributed by atoms with Crippen molar-refractivity contribution in [1.82, 2.24) is 4.90 Å². The lowest BCUT2D eigenvalue weighted by atomic mass is 9.55. The number of nitrogens with zero attached hydrogens (tertiary/aromatic N) is 1. The van der Waals surface area contributed by atoms with E-state index in [1.165, 1.54) is 11.1 Å². The van der Waals surface area contributed by atoms with Crippen molar-refractivity contribution in [3.05, 3.63) is 34.9 Å². The number of amides is 1. The molecule has 3 heteroatoms. The summed E-state index contributed by atoms with van der Waals surface area (Å²) in [5.74, 6) is 0.528. The predicted octanol–water partition coefficient (Wildman–Crippen LogP) is 4.46. The highest BCUT2D eigenvalue weighted by Gasteiger charge is 2.52. The van der Waals surface area contributed by atoms with Gasteiger partial charge in [-0.3, -0.25) is 0 Å². The van der Waals surface area contributed by atoms with E-state index in [-0.39, 0.29) is 17.6 Å². The molecule has 1 amide bonds. The quantitative estimate of drug-likeness (QED) is 0.824. The van der Waals surface area contributed by atoms with Gasteiger partial charge >= 0.3 is 6.09 Å². The van der Waals surface area contributed by atoms with Gasteiger partial charge in [0.05, 0.1) is 6.61 Å². The predicted molar refractivity (Wildman–Crippen MR) is 92.8 cm³/mol. The van der Waals surface area contributed by atoms with E-state index >= 15 is 0 Å². The number of carbonyl (C=O) groups is 1. The normalized spacial score (nSPS) is 29.1. The van der Waals surface area contributed by atoms with Crippen molar-refractivity contribution in [1.29, 1.82) is 0 Å². The topological polar surface area (TPSA) is 29.5 Å². The Morgan fingerprint density at radius 1 is 1.35 bits per heavy atom. The maximum Gasteiger partial charge on any atom is 0.410 e. The second-order valence-electron chi connectivity index (χ2n) is 7.10. The summed E-state index contributed by atoms with van der Waals surface area (Å²) in [4.78, 5) is 14.4. The van der Waals surface area contributed by atoms with Crippen LogP contribution in [0.15, 0.2) is 18.2 Å². The van der Waals surface area contributed by atoms with E-state index in [1.807, 2.05) is 11.8 Å². The van der Waals surface area contributed by atoms with Crippen LogP contribution in [-0.4, -0.2) is 30.2 Å². The summed E-state index contributed by atoms with van der Waals surface area (Å²) in [6.07, 6.45) is 4.15. The third kappa shape index (κ3) is 2.45. The van der Waals surface area contributed by atoms with Crippen LogP contribution in [0.4, 0.5) is 4.79 Å². The molecule has 1 aliphatic carbocycles. The summed E-state index contributed by atoms with van der Waals surface area (Å²) in [6.45, 7) is 9.93. The molecule has 2 bridgehead atoms. The SMILES string of the molecule is CCOC(=O)N1CC[C@]2(CC)c3cc(C)ccc3C[C@H]1C2CC. The van der Waals surface area contributed by atoms with Gasteiger partial charge in [0.1, 0.15) is 0 Å². The van der Waals surface area contributed by atoms with Crippen LogP contribution < -0.4 is 0 Å². The van der Waals surface area contributed by atoms with E-state index < -0.39 is 0 Å². The second-order valence-corrected chi connectivity index (χ2v) is 7.10. The van der Waals surface area contributed by atoms with Gasteiger partial charge in [0, 0.05) is 18.0 Å². The van der Waals surface area contributed by atoms with E-state index in [9.17, 15) is 4.79 Å². The first-order valence-electron chi connectivity index (χ1n) is 9.10. The summed E-state index contributed by atoms with van der Waals surface area (Å²) >= 11 is 0. The maximum atomic E-state index is 12.4. The Morgan fingerprint density at radius 2 is 2.13 bits per heavy atom. The number of hydrogen-bond acceptors (Lipinski definition) is 2. The largest absolute Gasteiger partial charge is 0.450 e. The Morgan fingerprint density at radius 3 is 2.78 bits per heavy atom. The Labute approximate surface area is 140 Å². The Hall–Kier alpha value is -1.51. The average Bonchev–Trinajstić information content (AvgIpc) is 2.55. The molecule has 126 valence electrons. The molecule has 1 aliphatic heterocycles. The smallest absolute Gasteiger partial charge is 0.410 e. The third-order valence-corrected chi connectivity index (χ3v) is 6.18. The monoisotopic (exact) mass is 315 g/mol. The molecule has 1 saturated heterocycles. The molecule has 23 heavy (non-hydrogen) atoms. The molecule has 0 N–H and O–H groups in total. The molecule has 1 aromatic carbocycles. The number of ether oxygens (including phenoxy) is 1. The molecule has 0 radical (unpaired) electrons. The fourth-order valence-electron chi connectivity index (χ4n) is 5.13. The maximum absolute atomic E-state index is 12.4. The lowest BCUT2D eigenvalue weighted by Crippen LogP contribution is -2.61. The highest BCUT2D eigenvalue weighted by atomic mass is 16.6. The van der Waals surface area contributed by atoms with Gasteiger partial charge in [-0.1, -0.05) is 44.0 Å². The number of piperidine rings is 1. The summed E-state index contributed by atoms with van der Waals surface area (Å²) in [6, 6.07) is 7.17. The van der Waals surface area contributed by atoms with Crippen molar-refractivity contribution in [3.63, 3.8) is 0 Å². The van der Waals surface area contributed by atoms with E-state index in [1.54, 1.807) is 5.56 Å². The molecular weight excluding hydrogens is 286 g/mol. The van der Waals surface area contributed by atoms with Gasteiger partial charge in [-0.25, -0.2) is 4.79 Å². The molecular formula is C20H29NO2. The molecule has 1 unspecified atom stereocenters. The van der Waals surface area contributed by atoms with Crippen molar-refractivity contribution >= 4 is 6.09 Å². The Kier molecular flexibility index (Phi) is 4.39. The number of carbonyl (C=O) groups excluding carboxylic acids is 1. The lowest BCUT2D eigenvalue weighted by Gasteiger charge is -2.56. The number of rotatable bonds is 3. The summed E-state index contributed by atoms with van der Waals surface area (Å²) in [5, 5.41) is 0. The van der Waals surface area contributed by atoms with Crippen LogP contribution in [0, 0.1) is 12.8 Å².